The van der Waals surface area contributed by atoms with Gasteiger partial charge in [-0.2, -0.15) is 0 Å². The first-order chi connectivity index (χ1) is 11.9. The Morgan fingerprint density at radius 3 is 2.88 bits per heavy atom. The molecular weight excluding hydrogens is 340 g/mol. The molecule has 6 nitrogen and oxygen atoms in total. The minimum absolute atomic E-state index is 0.204. The Morgan fingerprint density at radius 2 is 2.20 bits per heavy atom. The highest BCUT2D eigenvalue weighted by Gasteiger charge is 2.33. The second-order valence-electron chi connectivity index (χ2n) is 6.82. The van der Waals surface area contributed by atoms with E-state index >= 15 is 0 Å². The summed E-state index contributed by atoms with van der Waals surface area (Å²) < 4.78 is 5.17. The summed E-state index contributed by atoms with van der Waals surface area (Å²) >= 11 is 5.87. The van der Waals surface area contributed by atoms with Crippen molar-refractivity contribution in [1.82, 2.24) is 19.7 Å². The Bertz CT molecular complexity index is 662. The molecule has 1 unspecified atom stereocenters. The quantitative estimate of drug-likeness (QED) is 0.590. The van der Waals surface area contributed by atoms with E-state index in [1.807, 2.05) is 18.3 Å². The number of esters is 1. The fourth-order valence-electron chi connectivity index (χ4n) is 3.49. The highest BCUT2D eigenvalue weighted by Crippen LogP contribution is 2.29. The number of aromatic nitrogens is 1. The molecule has 0 spiro atoms. The van der Waals surface area contributed by atoms with E-state index in [4.69, 9.17) is 16.3 Å². The number of pyridine rings is 1. The second-order valence-corrected chi connectivity index (χ2v) is 7.21. The molecule has 0 amide bonds. The van der Waals surface area contributed by atoms with Crippen molar-refractivity contribution in [1.29, 1.82) is 0 Å². The molecule has 2 aliphatic heterocycles. The van der Waals surface area contributed by atoms with Crippen molar-refractivity contribution >= 4 is 17.6 Å². The molecule has 0 bridgehead atoms. The minimum atomic E-state index is -0.222. The van der Waals surface area contributed by atoms with Crippen LogP contribution in [-0.4, -0.2) is 64.6 Å². The molecule has 1 aromatic heterocycles. The molecule has 25 heavy (non-hydrogen) atoms. The van der Waals surface area contributed by atoms with Gasteiger partial charge in [-0.25, -0.2) is 4.98 Å². The van der Waals surface area contributed by atoms with E-state index < -0.39 is 0 Å². The van der Waals surface area contributed by atoms with E-state index in [0.29, 0.717) is 11.8 Å². The number of halogens is 1. The molecule has 136 valence electrons. The molecule has 3 heterocycles. The van der Waals surface area contributed by atoms with E-state index in [0.717, 1.165) is 38.4 Å². The minimum Gasteiger partial charge on any atom is -0.464 e. The van der Waals surface area contributed by atoms with Crippen molar-refractivity contribution in [2.75, 3.05) is 32.9 Å². The fourth-order valence-corrected chi connectivity index (χ4v) is 3.60. The lowest BCUT2D eigenvalue weighted by atomic mass is 10.1. The third-order valence-electron chi connectivity index (χ3n) is 4.73. The van der Waals surface area contributed by atoms with Gasteiger partial charge in [0, 0.05) is 45.3 Å². The Hall–Kier alpha value is -1.79. The normalized spacial score (nSPS) is 19.2. The Labute approximate surface area is 154 Å². The van der Waals surface area contributed by atoms with Gasteiger partial charge in [0.25, 0.3) is 0 Å². The van der Waals surface area contributed by atoms with Crippen LogP contribution in [0.1, 0.15) is 26.3 Å². The van der Waals surface area contributed by atoms with Gasteiger partial charge in [0.05, 0.1) is 6.67 Å². The fraction of sp³-hybridized carbons (Fsp3) is 0.556. The van der Waals surface area contributed by atoms with Crippen molar-refractivity contribution in [3.8, 4) is 0 Å². The van der Waals surface area contributed by atoms with Crippen LogP contribution in [0.25, 0.3) is 0 Å². The van der Waals surface area contributed by atoms with E-state index in [2.05, 4.69) is 33.5 Å². The summed E-state index contributed by atoms with van der Waals surface area (Å²) in [5.41, 5.74) is 2.51. The molecule has 0 N–H and O–H groups in total. The lowest BCUT2D eigenvalue weighted by molar-refractivity contribution is -0.142. The summed E-state index contributed by atoms with van der Waals surface area (Å²) in [6.07, 6.45) is 1.84. The van der Waals surface area contributed by atoms with Gasteiger partial charge in [-0.05, 0) is 31.1 Å². The average molecular weight is 365 g/mol. The number of carbonyl (C=O) groups excluding carboxylic acids is 1. The number of hydrogen-bond donors (Lipinski definition) is 0. The van der Waals surface area contributed by atoms with Crippen LogP contribution in [0.2, 0.25) is 5.15 Å². The lowest BCUT2D eigenvalue weighted by Crippen LogP contribution is -2.48. The number of carbonyl (C=O) groups is 1. The van der Waals surface area contributed by atoms with Crippen LogP contribution in [-0.2, 0) is 16.1 Å². The molecule has 3 rings (SSSR count). The third kappa shape index (κ3) is 4.25. The molecule has 2 aliphatic rings. The SMILES string of the molecule is CC(=O)OCC(C)N1CC(C)=C2N(Cc3ccc(Cl)nc3)CCN2C1. The number of hydrogen-bond acceptors (Lipinski definition) is 6. The van der Waals surface area contributed by atoms with Crippen molar-refractivity contribution in [3.05, 3.63) is 40.4 Å². The van der Waals surface area contributed by atoms with Crippen molar-refractivity contribution < 1.29 is 9.53 Å². The predicted octanol–water partition coefficient (Wildman–Crippen LogP) is 2.31. The van der Waals surface area contributed by atoms with E-state index in [9.17, 15) is 4.79 Å². The standard InChI is InChI=1S/C18H25ClN4O2/c1-13-9-23(14(2)11-25-15(3)24)12-22-7-6-21(18(13)22)10-16-4-5-17(19)20-8-16/h4-5,8,14H,6-7,9-12H2,1-3H3. The molecule has 7 heteroatoms. The third-order valence-corrected chi connectivity index (χ3v) is 4.95. The van der Waals surface area contributed by atoms with Crippen LogP contribution in [0.5, 0.6) is 0 Å². The Balaban J connectivity index is 1.67. The molecular formula is C18H25ClN4O2. The highest BCUT2D eigenvalue weighted by atomic mass is 35.5. The lowest BCUT2D eigenvalue weighted by Gasteiger charge is -2.40. The number of nitrogens with zero attached hydrogens (tertiary/aromatic N) is 4. The van der Waals surface area contributed by atoms with Crippen LogP contribution in [0, 0.1) is 0 Å². The van der Waals surface area contributed by atoms with Crippen molar-refractivity contribution in [2.45, 2.75) is 33.4 Å². The van der Waals surface area contributed by atoms with E-state index in [-0.39, 0.29) is 12.0 Å². The molecule has 0 radical (unpaired) electrons. The maximum Gasteiger partial charge on any atom is 0.302 e. The molecule has 1 atom stereocenters. The predicted molar refractivity (Wildman–Crippen MR) is 96.7 cm³/mol. The maximum atomic E-state index is 11.0. The van der Waals surface area contributed by atoms with Crippen LogP contribution < -0.4 is 0 Å². The summed E-state index contributed by atoms with van der Waals surface area (Å²) in [5, 5.41) is 0.525. The highest BCUT2D eigenvalue weighted by molar-refractivity contribution is 6.29. The van der Waals surface area contributed by atoms with Crippen LogP contribution in [0.3, 0.4) is 0 Å². The van der Waals surface area contributed by atoms with Crippen molar-refractivity contribution in [2.24, 2.45) is 0 Å². The Kier molecular flexibility index (Phi) is 5.49. The molecule has 1 fully saturated rings. The number of fused-ring (bicyclic) bond motifs is 1. The summed E-state index contributed by atoms with van der Waals surface area (Å²) in [5.74, 6) is 1.10. The largest absolute Gasteiger partial charge is 0.464 e. The second kappa shape index (κ2) is 7.62. The summed E-state index contributed by atoms with van der Waals surface area (Å²) in [6, 6.07) is 4.07. The van der Waals surface area contributed by atoms with Crippen LogP contribution >= 0.6 is 11.6 Å². The first kappa shape index (κ1) is 18.0. The van der Waals surface area contributed by atoms with Gasteiger partial charge in [-0.3, -0.25) is 9.69 Å². The zero-order valence-corrected chi connectivity index (χ0v) is 15.8. The van der Waals surface area contributed by atoms with Gasteiger partial charge in [0.2, 0.25) is 0 Å². The zero-order chi connectivity index (χ0) is 18.0. The maximum absolute atomic E-state index is 11.0. The van der Waals surface area contributed by atoms with E-state index in [1.165, 1.54) is 18.3 Å². The van der Waals surface area contributed by atoms with Crippen LogP contribution in [0.15, 0.2) is 29.7 Å². The average Bonchev–Trinajstić information content (AvgIpc) is 2.98. The van der Waals surface area contributed by atoms with Gasteiger partial charge in [-0.15, -0.1) is 0 Å². The molecule has 0 saturated carbocycles. The summed E-state index contributed by atoms with van der Waals surface area (Å²) in [6.45, 7) is 10.8. The number of ether oxygens (including phenoxy) is 1. The summed E-state index contributed by atoms with van der Waals surface area (Å²) in [4.78, 5) is 22.4. The summed E-state index contributed by atoms with van der Waals surface area (Å²) in [7, 11) is 0. The molecule has 1 aromatic rings. The van der Waals surface area contributed by atoms with Crippen LogP contribution in [0.4, 0.5) is 0 Å². The monoisotopic (exact) mass is 364 g/mol. The topological polar surface area (TPSA) is 48.9 Å². The van der Waals surface area contributed by atoms with Gasteiger partial charge in [-0.1, -0.05) is 17.7 Å². The van der Waals surface area contributed by atoms with Gasteiger partial charge >= 0.3 is 5.97 Å². The molecule has 0 aliphatic carbocycles. The van der Waals surface area contributed by atoms with E-state index in [1.54, 1.807) is 0 Å². The smallest absolute Gasteiger partial charge is 0.302 e. The van der Waals surface area contributed by atoms with Gasteiger partial charge in [0.1, 0.15) is 17.6 Å². The molecule has 0 aromatic carbocycles. The first-order valence-corrected chi connectivity index (χ1v) is 8.99. The molecule has 1 saturated heterocycles. The number of rotatable bonds is 5. The Morgan fingerprint density at radius 1 is 1.40 bits per heavy atom. The van der Waals surface area contributed by atoms with Gasteiger partial charge in [0.15, 0.2) is 0 Å². The zero-order valence-electron chi connectivity index (χ0n) is 15.0. The van der Waals surface area contributed by atoms with Gasteiger partial charge < -0.3 is 14.5 Å². The first-order valence-electron chi connectivity index (χ1n) is 8.61. The van der Waals surface area contributed by atoms with Crippen molar-refractivity contribution in [3.63, 3.8) is 0 Å².